The van der Waals surface area contributed by atoms with Crippen molar-refractivity contribution in [1.29, 1.82) is 0 Å². The molecule has 5 aliphatic rings. The molecule has 4 saturated carbocycles. The first-order valence-electron chi connectivity index (χ1n) is 12.2. The standard InChI is InChI=1S/C26H28Cl2N4O2/c27-20-2-1-18(8-21(20)28)25(34)32-4-3-19-22(13-32)29-14-30-24(19)31-23(33)12-26-9-15-5-16(10-26)7-17(6-15)11-26/h1-2,8,14-17H,3-7,9-13H2,(H,29,30,31,33). The molecule has 2 heterocycles. The SMILES string of the molecule is O=C(CC12CC3CC(CC(C3)C1)C2)Nc1ncnc2c1CCN(C(=O)c1ccc(Cl)c(Cl)c1)C2. The van der Waals surface area contributed by atoms with Gasteiger partial charge < -0.3 is 10.2 Å². The molecule has 4 aliphatic carbocycles. The lowest BCUT2D eigenvalue weighted by molar-refractivity contribution is -0.124. The number of hydrogen-bond donors (Lipinski definition) is 1. The first kappa shape index (κ1) is 22.3. The normalized spacial score (nSPS) is 29.1. The predicted octanol–water partition coefficient (Wildman–Crippen LogP) is 5.53. The molecule has 0 atom stereocenters. The molecule has 0 spiro atoms. The van der Waals surface area contributed by atoms with Gasteiger partial charge in [-0.3, -0.25) is 9.59 Å². The molecule has 1 aliphatic heterocycles. The van der Waals surface area contributed by atoms with E-state index in [2.05, 4.69) is 15.3 Å². The van der Waals surface area contributed by atoms with Crippen LogP contribution in [-0.4, -0.2) is 33.2 Å². The zero-order valence-corrected chi connectivity index (χ0v) is 20.5. The Kier molecular flexibility index (Phi) is 5.57. The highest BCUT2D eigenvalue weighted by Gasteiger charge is 2.51. The van der Waals surface area contributed by atoms with Crippen LogP contribution < -0.4 is 5.32 Å². The van der Waals surface area contributed by atoms with Crippen LogP contribution >= 0.6 is 23.2 Å². The molecule has 0 unspecified atom stereocenters. The number of rotatable bonds is 4. The fourth-order valence-electron chi connectivity index (χ4n) is 7.47. The highest BCUT2D eigenvalue weighted by atomic mass is 35.5. The Bertz CT molecular complexity index is 1130. The van der Waals surface area contributed by atoms with E-state index in [1.54, 1.807) is 23.1 Å². The summed E-state index contributed by atoms with van der Waals surface area (Å²) in [6.45, 7) is 0.895. The molecule has 34 heavy (non-hydrogen) atoms. The Morgan fingerprint density at radius 3 is 2.41 bits per heavy atom. The number of halogens is 2. The van der Waals surface area contributed by atoms with Crippen LogP contribution in [0.2, 0.25) is 10.0 Å². The number of carbonyl (C=O) groups excluding carboxylic acids is 2. The summed E-state index contributed by atoms with van der Waals surface area (Å²) < 4.78 is 0. The molecule has 2 aromatic rings. The monoisotopic (exact) mass is 498 g/mol. The number of fused-ring (bicyclic) bond motifs is 1. The maximum Gasteiger partial charge on any atom is 0.254 e. The molecule has 6 nitrogen and oxygen atoms in total. The molecule has 2 amide bonds. The summed E-state index contributed by atoms with van der Waals surface area (Å²) in [4.78, 5) is 36.7. The maximum absolute atomic E-state index is 13.1. The minimum atomic E-state index is -0.116. The fourth-order valence-corrected chi connectivity index (χ4v) is 7.77. The Morgan fingerprint density at radius 1 is 1.03 bits per heavy atom. The lowest BCUT2D eigenvalue weighted by Gasteiger charge is -2.56. The molecule has 1 aromatic carbocycles. The number of hydrogen-bond acceptors (Lipinski definition) is 4. The highest BCUT2D eigenvalue weighted by Crippen LogP contribution is 2.61. The number of nitrogens with zero attached hydrogens (tertiary/aromatic N) is 3. The summed E-state index contributed by atoms with van der Waals surface area (Å²) >= 11 is 12.1. The Morgan fingerprint density at radius 2 is 1.74 bits per heavy atom. The van der Waals surface area contributed by atoms with Crippen LogP contribution in [0.5, 0.6) is 0 Å². The molecule has 8 heteroatoms. The number of nitrogens with one attached hydrogen (secondary N) is 1. The average Bonchev–Trinajstić information content (AvgIpc) is 2.79. The van der Waals surface area contributed by atoms with Crippen LogP contribution in [-0.2, 0) is 17.8 Å². The van der Waals surface area contributed by atoms with E-state index in [1.807, 2.05) is 0 Å². The number of anilines is 1. The largest absolute Gasteiger partial charge is 0.332 e. The van der Waals surface area contributed by atoms with Crippen LogP contribution in [0.15, 0.2) is 24.5 Å². The van der Waals surface area contributed by atoms with Gasteiger partial charge >= 0.3 is 0 Å². The van der Waals surface area contributed by atoms with E-state index in [0.717, 1.165) is 29.0 Å². The molecular weight excluding hydrogens is 471 g/mol. The number of aromatic nitrogens is 2. The van der Waals surface area contributed by atoms with Crippen LogP contribution in [0, 0.1) is 23.2 Å². The third-order valence-electron chi connectivity index (χ3n) is 8.42. The molecule has 0 radical (unpaired) electrons. The van der Waals surface area contributed by atoms with Crippen molar-refractivity contribution in [3.63, 3.8) is 0 Å². The minimum Gasteiger partial charge on any atom is -0.332 e. The average molecular weight is 499 g/mol. The van der Waals surface area contributed by atoms with Gasteiger partial charge in [0.15, 0.2) is 0 Å². The van der Waals surface area contributed by atoms with Gasteiger partial charge in [0, 0.05) is 24.1 Å². The molecule has 178 valence electrons. The molecule has 1 N–H and O–H groups in total. The Labute approximate surface area is 209 Å². The second-order valence-electron chi connectivity index (χ2n) is 10.9. The van der Waals surface area contributed by atoms with Gasteiger partial charge in [-0.15, -0.1) is 0 Å². The zero-order chi connectivity index (χ0) is 23.4. The molecule has 4 bridgehead atoms. The van der Waals surface area contributed by atoms with Crippen molar-refractivity contribution < 1.29 is 9.59 Å². The van der Waals surface area contributed by atoms with Crippen molar-refractivity contribution in [2.75, 3.05) is 11.9 Å². The van der Waals surface area contributed by atoms with Crippen molar-refractivity contribution in [2.24, 2.45) is 23.2 Å². The first-order valence-corrected chi connectivity index (χ1v) is 13.0. The topological polar surface area (TPSA) is 75.2 Å². The van der Waals surface area contributed by atoms with E-state index in [9.17, 15) is 9.59 Å². The van der Waals surface area contributed by atoms with Gasteiger partial charge in [-0.1, -0.05) is 23.2 Å². The van der Waals surface area contributed by atoms with E-state index in [1.165, 1.54) is 44.9 Å². The molecular formula is C26H28Cl2N4O2. The van der Waals surface area contributed by atoms with E-state index < -0.39 is 0 Å². The number of amides is 2. The summed E-state index contributed by atoms with van der Waals surface area (Å²) in [6.07, 6.45) is 10.4. The minimum absolute atomic E-state index is 0.0668. The first-order chi connectivity index (χ1) is 16.4. The summed E-state index contributed by atoms with van der Waals surface area (Å²) in [7, 11) is 0. The smallest absolute Gasteiger partial charge is 0.254 e. The number of carbonyl (C=O) groups is 2. The van der Waals surface area contributed by atoms with Crippen molar-refractivity contribution in [3.8, 4) is 0 Å². The Hall–Kier alpha value is -2.18. The van der Waals surface area contributed by atoms with Gasteiger partial charge in [-0.05, 0) is 86.3 Å². The molecule has 0 saturated heterocycles. The van der Waals surface area contributed by atoms with Gasteiger partial charge in [-0.2, -0.15) is 0 Å². The third-order valence-corrected chi connectivity index (χ3v) is 9.16. The van der Waals surface area contributed by atoms with Crippen molar-refractivity contribution in [3.05, 3.63) is 51.4 Å². The summed E-state index contributed by atoms with van der Waals surface area (Å²) in [6, 6.07) is 4.91. The lowest BCUT2D eigenvalue weighted by Crippen LogP contribution is -2.47. The Balaban J connectivity index is 1.14. The van der Waals surface area contributed by atoms with Crippen LogP contribution in [0.4, 0.5) is 5.82 Å². The molecule has 4 fully saturated rings. The fraction of sp³-hybridized carbons (Fsp3) is 0.538. The summed E-state index contributed by atoms with van der Waals surface area (Å²) in [5.41, 5.74) is 2.39. The van der Waals surface area contributed by atoms with Gasteiger partial charge in [-0.25, -0.2) is 9.97 Å². The van der Waals surface area contributed by atoms with E-state index in [-0.39, 0.29) is 17.2 Å². The van der Waals surface area contributed by atoms with Gasteiger partial charge in [0.1, 0.15) is 12.1 Å². The van der Waals surface area contributed by atoms with Crippen LogP contribution in [0.1, 0.15) is 66.6 Å². The second-order valence-corrected chi connectivity index (χ2v) is 11.7. The lowest BCUT2D eigenvalue weighted by atomic mass is 9.49. The highest BCUT2D eigenvalue weighted by molar-refractivity contribution is 6.42. The van der Waals surface area contributed by atoms with Gasteiger partial charge in [0.25, 0.3) is 5.91 Å². The van der Waals surface area contributed by atoms with Crippen molar-refractivity contribution >= 4 is 40.8 Å². The van der Waals surface area contributed by atoms with E-state index in [4.69, 9.17) is 23.2 Å². The van der Waals surface area contributed by atoms with E-state index >= 15 is 0 Å². The van der Waals surface area contributed by atoms with Crippen molar-refractivity contribution in [1.82, 2.24) is 14.9 Å². The molecule has 7 rings (SSSR count). The maximum atomic E-state index is 13.1. The van der Waals surface area contributed by atoms with Crippen molar-refractivity contribution in [2.45, 2.75) is 57.9 Å². The summed E-state index contributed by atoms with van der Waals surface area (Å²) in [5.74, 6) is 3.02. The molecule has 1 aromatic heterocycles. The quantitative estimate of drug-likeness (QED) is 0.601. The van der Waals surface area contributed by atoms with Gasteiger partial charge in [0.05, 0.1) is 22.3 Å². The zero-order valence-electron chi connectivity index (χ0n) is 19.0. The van der Waals surface area contributed by atoms with Crippen LogP contribution in [0.3, 0.4) is 0 Å². The van der Waals surface area contributed by atoms with Crippen LogP contribution in [0.25, 0.3) is 0 Å². The summed E-state index contributed by atoms with van der Waals surface area (Å²) in [5, 5.41) is 3.89. The predicted molar refractivity (Wildman–Crippen MR) is 131 cm³/mol. The van der Waals surface area contributed by atoms with Gasteiger partial charge in [0.2, 0.25) is 5.91 Å². The second kappa shape index (κ2) is 8.49. The number of benzene rings is 1. The van der Waals surface area contributed by atoms with E-state index in [0.29, 0.717) is 47.4 Å². The third kappa shape index (κ3) is 4.09.